The van der Waals surface area contributed by atoms with Crippen molar-refractivity contribution in [3.05, 3.63) is 79.5 Å². The Kier molecular flexibility index (Phi) is 6.75. The highest BCUT2D eigenvalue weighted by molar-refractivity contribution is 7.11. The van der Waals surface area contributed by atoms with Crippen molar-refractivity contribution in [1.29, 1.82) is 0 Å². The normalized spacial score (nSPS) is 15.4. The summed E-state index contributed by atoms with van der Waals surface area (Å²) in [7, 11) is 0. The van der Waals surface area contributed by atoms with Crippen molar-refractivity contribution in [3.8, 4) is 0 Å². The molecule has 0 N–H and O–H groups in total. The number of halogens is 2. The summed E-state index contributed by atoms with van der Waals surface area (Å²) in [5, 5.41) is 11.8. The molecule has 0 aliphatic heterocycles. The number of hydrogen-bond donors (Lipinski definition) is 0. The zero-order valence-corrected chi connectivity index (χ0v) is 20.9. The quantitative estimate of drug-likeness (QED) is 0.410. The van der Waals surface area contributed by atoms with E-state index >= 15 is 0 Å². The fraction of sp³-hybridized carbons (Fsp3) is 0.320. The average Bonchev–Trinajstić information content (AvgIpc) is 3.18. The Morgan fingerprint density at radius 1 is 0.903 bits per heavy atom. The Labute approximate surface area is 198 Å². The lowest BCUT2D eigenvalue weighted by Crippen LogP contribution is -2.28. The van der Waals surface area contributed by atoms with E-state index in [9.17, 15) is 4.79 Å². The summed E-state index contributed by atoms with van der Waals surface area (Å²) in [5.74, 6) is 0.0871. The number of carbonyl (C=O) groups excluding carboxylic acids is 1. The second-order valence-electron chi connectivity index (χ2n) is 9.50. The van der Waals surface area contributed by atoms with Gasteiger partial charge in [-0.2, -0.15) is 0 Å². The van der Waals surface area contributed by atoms with Crippen LogP contribution >= 0.6 is 34.5 Å². The maximum Gasteiger partial charge on any atom is 0.186 e. The summed E-state index contributed by atoms with van der Waals surface area (Å²) in [4.78, 5) is 14.3. The van der Waals surface area contributed by atoms with E-state index in [4.69, 9.17) is 23.2 Å². The van der Waals surface area contributed by atoms with Crippen molar-refractivity contribution in [1.82, 2.24) is 0 Å². The predicted octanol–water partition coefficient (Wildman–Crippen LogP) is 9.08. The number of nitrogens with zero attached hydrogens (tertiary/aromatic N) is 2. The lowest BCUT2D eigenvalue weighted by atomic mass is 9.71. The van der Waals surface area contributed by atoms with Crippen LogP contribution in [0.2, 0.25) is 10.0 Å². The monoisotopic (exact) mass is 472 g/mol. The van der Waals surface area contributed by atoms with Gasteiger partial charge in [0.05, 0.1) is 14.9 Å². The number of benzene rings is 1. The number of carbonyl (C=O) groups is 1. The Balaban J connectivity index is 2.26. The van der Waals surface area contributed by atoms with E-state index in [0.717, 1.165) is 21.6 Å². The van der Waals surface area contributed by atoms with Crippen LogP contribution in [-0.4, -0.2) is 5.78 Å². The van der Waals surface area contributed by atoms with Gasteiger partial charge in [-0.05, 0) is 46.6 Å². The molecule has 2 aromatic rings. The maximum atomic E-state index is 13.3. The third-order valence-electron chi connectivity index (χ3n) is 4.92. The lowest BCUT2D eigenvalue weighted by Gasteiger charge is -2.31. The van der Waals surface area contributed by atoms with Gasteiger partial charge in [0, 0.05) is 16.7 Å². The van der Waals surface area contributed by atoms with Crippen molar-refractivity contribution in [2.75, 3.05) is 0 Å². The van der Waals surface area contributed by atoms with Gasteiger partial charge in [0.2, 0.25) is 0 Å². The number of rotatable bonds is 3. The first-order valence-electron chi connectivity index (χ1n) is 10.0. The number of hydrogen-bond acceptors (Lipinski definition) is 4. The van der Waals surface area contributed by atoms with Crippen molar-refractivity contribution in [3.63, 3.8) is 0 Å². The van der Waals surface area contributed by atoms with Gasteiger partial charge < -0.3 is 0 Å². The number of allylic oxidation sites excluding steroid dienone is 5. The van der Waals surface area contributed by atoms with E-state index in [-0.39, 0.29) is 16.6 Å². The Bertz CT molecular complexity index is 1090. The lowest BCUT2D eigenvalue weighted by molar-refractivity contribution is -0.114. The topological polar surface area (TPSA) is 41.8 Å². The second kappa shape index (κ2) is 8.85. The van der Waals surface area contributed by atoms with Gasteiger partial charge in [-0.25, -0.2) is 0 Å². The molecule has 3 nitrogen and oxygen atoms in total. The van der Waals surface area contributed by atoms with Crippen molar-refractivity contribution in [2.24, 2.45) is 21.1 Å². The molecule has 0 fully saturated rings. The summed E-state index contributed by atoms with van der Waals surface area (Å²) in [6.07, 6.45) is 3.90. The molecule has 0 amide bonds. The SMILES string of the molecule is CC(C)(C)C1=CC(=C(N=Nc2cccc(Cl)c2Cl)c2cccs2)C=C(C(C)(C)C)C1=O. The smallest absolute Gasteiger partial charge is 0.186 e. The molecule has 1 aromatic carbocycles. The molecule has 31 heavy (non-hydrogen) atoms. The molecule has 162 valence electrons. The second-order valence-corrected chi connectivity index (χ2v) is 11.2. The van der Waals surface area contributed by atoms with Crippen LogP contribution in [0, 0.1) is 10.8 Å². The fourth-order valence-corrected chi connectivity index (χ4v) is 4.28. The minimum Gasteiger partial charge on any atom is -0.289 e. The molecule has 0 unspecified atom stereocenters. The van der Waals surface area contributed by atoms with E-state index in [1.54, 1.807) is 29.5 Å². The van der Waals surface area contributed by atoms with Gasteiger partial charge in [-0.15, -0.1) is 21.6 Å². The van der Waals surface area contributed by atoms with Crippen LogP contribution in [-0.2, 0) is 4.79 Å². The van der Waals surface area contributed by atoms with Gasteiger partial charge >= 0.3 is 0 Å². The molecule has 0 spiro atoms. The molecule has 0 saturated carbocycles. The zero-order valence-electron chi connectivity index (χ0n) is 18.6. The highest BCUT2D eigenvalue weighted by atomic mass is 35.5. The van der Waals surface area contributed by atoms with Crippen LogP contribution in [0.5, 0.6) is 0 Å². The molecule has 0 bridgehead atoms. The number of ketones is 1. The van der Waals surface area contributed by atoms with Gasteiger partial charge in [-0.3, -0.25) is 4.79 Å². The van der Waals surface area contributed by atoms with Gasteiger partial charge in [0.15, 0.2) is 5.78 Å². The average molecular weight is 473 g/mol. The highest BCUT2D eigenvalue weighted by Crippen LogP contribution is 2.41. The molecule has 0 radical (unpaired) electrons. The van der Waals surface area contributed by atoms with E-state index in [1.165, 1.54) is 0 Å². The van der Waals surface area contributed by atoms with Crippen molar-refractivity contribution < 1.29 is 4.79 Å². The van der Waals surface area contributed by atoms with Crippen LogP contribution in [0.1, 0.15) is 46.4 Å². The van der Waals surface area contributed by atoms with Crippen LogP contribution in [0.25, 0.3) is 5.70 Å². The molecule has 1 aliphatic carbocycles. The molecular formula is C25H26Cl2N2OS. The molecule has 0 saturated heterocycles. The zero-order chi connectivity index (χ0) is 23.0. The molecule has 3 rings (SSSR count). The minimum absolute atomic E-state index is 0.0871. The van der Waals surface area contributed by atoms with E-state index in [2.05, 4.69) is 51.8 Å². The molecule has 1 aromatic heterocycles. The van der Waals surface area contributed by atoms with Gasteiger partial charge in [0.25, 0.3) is 0 Å². The maximum absolute atomic E-state index is 13.3. The standard InChI is InChI=1S/C25H26Cl2N2OS/c1-24(2,3)16-13-15(14-17(23(16)30)25(4,5)6)22(20-11-8-12-31-20)29-28-19-10-7-9-18(26)21(19)27/h7-14H,1-6H3. The van der Waals surface area contributed by atoms with E-state index < -0.39 is 0 Å². The summed E-state index contributed by atoms with van der Waals surface area (Å²) >= 11 is 14.0. The largest absolute Gasteiger partial charge is 0.289 e. The third-order valence-corrected chi connectivity index (χ3v) is 6.61. The summed E-state index contributed by atoms with van der Waals surface area (Å²) in [6.45, 7) is 12.3. The Morgan fingerprint density at radius 2 is 1.52 bits per heavy atom. The summed E-state index contributed by atoms with van der Waals surface area (Å²) in [5.41, 5.74) is 2.97. The highest BCUT2D eigenvalue weighted by Gasteiger charge is 2.34. The number of azo groups is 1. The molecular weight excluding hydrogens is 447 g/mol. The number of Topliss-reactive ketones (excluding diaryl/α,β-unsaturated/α-hetero) is 1. The fourth-order valence-electron chi connectivity index (χ4n) is 3.22. The third kappa shape index (κ3) is 5.25. The Hall–Kier alpha value is -2.01. The minimum atomic E-state index is -0.305. The molecule has 6 heteroatoms. The summed E-state index contributed by atoms with van der Waals surface area (Å²) in [6, 6.07) is 9.24. The van der Waals surface area contributed by atoms with Crippen LogP contribution in [0.3, 0.4) is 0 Å². The first kappa shape index (κ1) is 23.6. The summed E-state index contributed by atoms with van der Waals surface area (Å²) < 4.78 is 0. The first-order chi connectivity index (χ1) is 14.4. The number of thiophene rings is 1. The van der Waals surface area contributed by atoms with Crippen LogP contribution in [0.15, 0.2) is 74.8 Å². The van der Waals surface area contributed by atoms with E-state index in [1.807, 2.05) is 29.7 Å². The first-order valence-corrected chi connectivity index (χ1v) is 11.7. The molecule has 1 heterocycles. The van der Waals surface area contributed by atoms with Crippen LogP contribution in [0.4, 0.5) is 5.69 Å². The Morgan fingerprint density at radius 3 is 2.03 bits per heavy atom. The van der Waals surface area contributed by atoms with E-state index in [0.29, 0.717) is 21.4 Å². The van der Waals surface area contributed by atoms with Crippen molar-refractivity contribution >= 4 is 51.7 Å². The van der Waals surface area contributed by atoms with Gasteiger partial charge in [-0.1, -0.05) is 76.9 Å². The van der Waals surface area contributed by atoms with Crippen molar-refractivity contribution in [2.45, 2.75) is 41.5 Å². The predicted molar refractivity (Wildman–Crippen MR) is 132 cm³/mol. The molecule has 1 aliphatic rings. The molecule has 0 atom stereocenters. The van der Waals surface area contributed by atoms with Gasteiger partial charge in [0.1, 0.15) is 11.4 Å². The van der Waals surface area contributed by atoms with Crippen LogP contribution < -0.4 is 0 Å².